The molecule has 0 aromatic rings. The van der Waals surface area contributed by atoms with Gasteiger partial charge in [-0.05, 0) is 46.0 Å². The van der Waals surface area contributed by atoms with E-state index < -0.39 is 0 Å². The van der Waals surface area contributed by atoms with Crippen molar-refractivity contribution in [1.82, 2.24) is 10.6 Å². The standard InChI is InChI=1S/C15H29N3O.HI/c1-4-16-15(18-13(2)12-19-3)17-11-10-14-8-6-5-7-9-14;/h8,13H,4-7,9-12H2,1-3H3,(H2,16,17,18);1H. The lowest BCUT2D eigenvalue weighted by molar-refractivity contribution is 0.179. The second-order valence-corrected chi connectivity index (χ2v) is 5.12. The van der Waals surface area contributed by atoms with Gasteiger partial charge in [-0.1, -0.05) is 11.6 Å². The minimum absolute atomic E-state index is 0. The van der Waals surface area contributed by atoms with Gasteiger partial charge in [-0.3, -0.25) is 4.99 Å². The van der Waals surface area contributed by atoms with E-state index in [0.29, 0.717) is 6.61 Å². The summed E-state index contributed by atoms with van der Waals surface area (Å²) in [7, 11) is 1.72. The number of ether oxygens (including phenoxy) is 1. The average molecular weight is 395 g/mol. The molecule has 1 aliphatic rings. The first-order chi connectivity index (χ1) is 9.26. The topological polar surface area (TPSA) is 45.7 Å². The Bertz CT molecular complexity index is 305. The molecule has 0 saturated carbocycles. The Morgan fingerprint density at radius 2 is 2.25 bits per heavy atom. The van der Waals surface area contributed by atoms with Crippen LogP contribution < -0.4 is 10.6 Å². The maximum absolute atomic E-state index is 5.13. The number of nitrogens with one attached hydrogen (secondary N) is 2. The van der Waals surface area contributed by atoms with Crippen molar-refractivity contribution < 1.29 is 4.74 Å². The van der Waals surface area contributed by atoms with Crippen molar-refractivity contribution in [1.29, 1.82) is 0 Å². The number of halogens is 1. The third-order valence-corrected chi connectivity index (χ3v) is 3.23. The molecule has 0 radical (unpaired) electrons. The maximum Gasteiger partial charge on any atom is 0.191 e. The molecule has 0 spiro atoms. The molecule has 0 aromatic carbocycles. The smallest absolute Gasteiger partial charge is 0.191 e. The Hall–Kier alpha value is -0.300. The molecule has 1 aliphatic carbocycles. The summed E-state index contributed by atoms with van der Waals surface area (Å²) >= 11 is 0. The quantitative estimate of drug-likeness (QED) is 0.302. The summed E-state index contributed by atoms with van der Waals surface area (Å²) in [5.41, 5.74) is 1.58. The molecule has 0 aromatic heterocycles. The Morgan fingerprint density at radius 1 is 1.45 bits per heavy atom. The van der Waals surface area contributed by atoms with Crippen molar-refractivity contribution in [3.8, 4) is 0 Å². The van der Waals surface area contributed by atoms with Gasteiger partial charge < -0.3 is 15.4 Å². The number of allylic oxidation sites excluding steroid dienone is 1. The summed E-state index contributed by atoms with van der Waals surface area (Å²) in [6.45, 7) is 6.62. The highest BCUT2D eigenvalue weighted by atomic mass is 127. The lowest BCUT2D eigenvalue weighted by atomic mass is 9.97. The van der Waals surface area contributed by atoms with Gasteiger partial charge in [-0.15, -0.1) is 24.0 Å². The number of rotatable bonds is 7. The van der Waals surface area contributed by atoms with Gasteiger partial charge >= 0.3 is 0 Å². The van der Waals surface area contributed by atoms with Gasteiger partial charge in [0.25, 0.3) is 0 Å². The van der Waals surface area contributed by atoms with Crippen molar-refractivity contribution in [2.75, 3.05) is 26.8 Å². The molecule has 1 unspecified atom stereocenters. The Morgan fingerprint density at radius 3 is 2.85 bits per heavy atom. The van der Waals surface area contributed by atoms with Crippen LogP contribution in [0.1, 0.15) is 46.0 Å². The monoisotopic (exact) mass is 395 g/mol. The van der Waals surface area contributed by atoms with Crippen molar-refractivity contribution in [2.24, 2.45) is 4.99 Å². The predicted octanol–water partition coefficient (Wildman–Crippen LogP) is 3.08. The van der Waals surface area contributed by atoms with Crippen LogP contribution in [-0.4, -0.2) is 38.8 Å². The molecule has 20 heavy (non-hydrogen) atoms. The largest absolute Gasteiger partial charge is 0.383 e. The van der Waals surface area contributed by atoms with Crippen LogP contribution in [0.15, 0.2) is 16.6 Å². The highest BCUT2D eigenvalue weighted by Crippen LogP contribution is 2.19. The molecule has 0 aliphatic heterocycles. The minimum atomic E-state index is 0. The van der Waals surface area contributed by atoms with Crippen LogP contribution >= 0.6 is 24.0 Å². The third-order valence-electron chi connectivity index (χ3n) is 3.23. The molecule has 0 heterocycles. The molecule has 5 heteroatoms. The van der Waals surface area contributed by atoms with Crippen LogP contribution in [0.5, 0.6) is 0 Å². The summed E-state index contributed by atoms with van der Waals surface area (Å²) < 4.78 is 5.13. The summed E-state index contributed by atoms with van der Waals surface area (Å²) in [6.07, 6.45) is 8.70. The second kappa shape index (κ2) is 12.4. The maximum atomic E-state index is 5.13. The molecular weight excluding hydrogens is 365 g/mol. The molecule has 0 amide bonds. The van der Waals surface area contributed by atoms with Crippen LogP contribution in [-0.2, 0) is 4.74 Å². The zero-order chi connectivity index (χ0) is 13.9. The van der Waals surface area contributed by atoms with Gasteiger partial charge in [-0.25, -0.2) is 0 Å². The first-order valence-corrected chi connectivity index (χ1v) is 7.48. The van der Waals surface area contributed by atoms with E-state index >= 15 is 0 Å². The van der Waals surface area contributed by atoms with Crippen molar-refractivity contribution in [2.45, 2.75) is 52.0 Å². The fourth-order valence-electron chi connectivity index (χ4n) is 2.29. The lowest BCUT2D eigenvalue weighted by Gasteiger charge is -2.17. The van der Waals surface area contributed by atoms with Gasteiger partial charge in [0.05, 0.1) is 6.61 Å². The molecule has 1 atom stereocenters. The third kappa shape index (κ3) is 8.79. The highest BCUT2D eigenvalue weighted by Gasteiger charge is 2.05. The predicted molar refractivity (Wildman–Crippen MR) is 97.0 cm³/mol. The van der Waals surface area contributed by atoms with Crippen molar-refractivity contribution >= 4 is 29.9 Å². The number of nitrogens with zero attached hydrogens (tertiary/aromatic N) is 1. The number of guanidine groups is 1. The zero-order valence-corrected chi connectivity index (χ0v) is 15.4. The highest BCUT2D eigenvalue weighted by molar-refractivity contribution is 14.0. The molecule has 118 valence electrons. The lowest BCUT2D eigenvalue weighted by Crippen LogP contribution is -2.44. The zero-order valence-electron chi connectivity index (χ0n) is 13.1. The Kier molecular flexibility index (Phi) is 12.3. The number of methoxy groups -OCH3 is 1. The summed E-state index contributed by atoms with van der Waals surface area (Å²) in [5.74, 6) is 0.892. The number of aliphatic imine (C=N–C) groups is 1. The van der Waals surface area contributed by atoms with E-state index in [1.54, 1.807) is 12.7 Å². The summed E-state index contributed by atoms with van der Waals surface area (Å²) in [5, 5.41) is 6.62. The van der Waals surface area contributed by atoms with Crippen molar-refractivity contribution in [3.05, 3.63) is 11.6 Å². The molecular formula is C15H30IN3O. The van der Waals surface area contributed by atoms with Gasteiger partial charge in [0.1, 0.15) is 0 Å². The van der Waals surface area contributed by atoms with E-state index in [9.17, 15) is 0 Å². The van der Waals surface area contributed by atoms with Crippen LogP contribution in [0, 0.1) is 0 Å². The first kappa shape index (κ1) is 19.7. The fraction of sp³-hybridized carbons (Fsp3) is 0.800. The molecule has 2 N–H and O–H groups in total. The minimum Gasteiger partial charge on any atom is -0.383 e. The van der Waals surface area contributed by atoms with Crippen LogP contribution in [0.25, 0.3) is 0 Å². The fourth-order valence-corrected chi connectivity index (χ4v) is 2.29. The molecule has 0 fully saturated rings. The number of hydrogen-bond acceptors (Lipinski definition) is 2. The Labute approximate surface area is 140 Å². The molecule has 4 nitrogen and oxygen atoms in total. The molecule has 0 saturated heterocycles. The summed E-state index contributed by atoms with van der Waals surface area (Å²) in [4.78, 5) is 4.63. The van der Waals surface area contributed by atoms with E-state index in [1.165, 1.54) is 25.7 Å². The van der Waals surface area contributed by atoms with Gasteiger partial charge in [0.2, 0.25) is 0 Å². The normalized spacial score (nSPS) is 16.9. The summed E-state index contributed by atoms with van der Waals surface area (Å²) in [6, 6.07) is 0.275. The van der Waals surface area contributed by atoms with E-state index in [-0.39, 0.29) is 30.0 Å². The van der Waals surface area contributed by atoms with E-state index in [1.807, 2.05) is 0 Å². The van der Waals surface area contributed by atoms with E-state index in [4.69, 9.17) is 4.74 Å². The average Bonchev–Trinajstić information content (AvgIpc) is 2.40. The molecule has 0 bridgehead atoms. The van der Waals surface area contributed by atoms with E-state index in [2.05, 4.69) is 35.5 Å². The SMILES string of the molecule is CCNC(=NCCC1=CCCCC1)NC(C)COC.I. The van der Waals surface area contributed by atoms with Crippen LogP contribution in [0.4, 0.5) is 0 Å². The van der Waals surface area contributed by atoms with Gasteiger partial charge in [0, 0.05) is 26.2 Å². The van der Waals surface area contributed by atoms with Crippen molar-refractivity contribution in [3.63, 3.8) is 0 Å². The first-order valence-electron chi connectivity index (χ1n) is 7.48. The van der Waals surface area contributed by atoms with Crippen LogP contribution in [0.3, 0.4) is 0 Å². The van der Waals surface area contributed by atoms with Crippen LogP contribution in [0.2, 0.25) is 0 Å². The van der Waals surface area contributed by atoms with E-state index in [0.717, 1.165) is 25.5 Å². The molecule has 1 rings (SSSR count). The second-order valence-electron chi connectivity index (χ2n) is 5.12. The number of hydrogen-bond donors (Lipinski definition) is 2. The van der Waals surface area contributed by atoms with Gasteiger partial charge in [-0.2, -0.15) is 0 Å². The Balaban J connectivity index is 0.00000361. The van der Waals surface area contributed by atoms with Gasteiger partial charge in [0.15, 0.2) is 5.96 Å².